The third kappa shape index (κ3) is 4.72. The highest BCUT2D eigenvalue weighted by Gasteiger charge is 2.41. The summed E-state index contributed by atoms with van der Waals surface area (Å²) < 4.78 is 5.20. The van der Waals surface area contributed by atoms with Crippen molar-refractivity contribution in [3.8, 4) is 33.6 Å². The minimum absolute atomic E-state index is 0.000560. The van der Waals surface area contributed by atoms with Crippen LogP contribution in [-0.2, 0) is 10.8 Å². The zero-order valence-electron chi connectivity index (χ0n) is 33.7. The Morgan fingerprint density at radius 3 is 1.63 bits per heavy atom. The van der Waals surface area contributed by atoms with Crippen molar-refractivity contribution in [1.29, 1.82) is 0 Å². The molecule has 11 rings (SSSR count). The summed E-state index contributed by atoms with van der Waals surface area (Å²) in [6.07, 6.45) is 3.84. The minimum Gasteiger partial charge on any atom is -0.310 e. The molecule has 0 saturated heterocycles. The fourth-order valence-corrected chi connectivity index (χ4v) is 9.95. The van der Waals surface area contributed by atoms with Crippen LogP contribution in [0.15, 0.2) is 141 Å². The number of aromatic nitrogens is 2. The first-order chi connectivity index (χ1) is 27.4. The maximum atomic E-state index is 4.04. The Kier molecular flexibility index (Phi) is 6.92. The number of nitrogens with zero attached hydrogens (tertiary/aromatic N) is 2. The fraction of sp³-hybridized carbons (Fsp3) is 0.148. The van der Waals surface area contributed by atoms with Gasteiger partial charge in [-0.05, 0) is 108 Å². The van der Waals surface area contributed by atoms with Crippen molar-refractivity contribution < 1.29 is 0 Å². The van der Waals surface area contributed by atoms with Crippen LogP contribution in [0.4, 0.5) is 0 Å². The van der Waals surface area contributed by atoms with Crippen LogP contribution < -0.4 is 16.4 Å². The lowest BCUT2D eigenvalue weighted by Gasteiger charge is -2.34. The normalized spacial score (nSPS) is 13.2. The summed E-state index contributed by atoms with van der Waals surface area (Å²) in [5, 5.41) is 5.25. The molecular weight excluding hydrogens is 687 g/mol. The molecule has 0 fully saturated rings. The summed E-state index contributed by atoms with van der Waals surface area (Å²) in [5.74, 6) is 0. The molecule has 9 aromatic rings. The van der Waals surface area contributed by atoms with Crippen LogP contribution in [0.5, 0.6) is 0 Å². The monoisotopic (exact) mass is 732 g/mol. The molecule has 3 heteroatoms. The summed E-state index contributed by atoms with van der Waals surface area (Å²) in [6, 6.07) is 48.9. The van der Waals surface area contributed by atoms with Crippen LogP contribution in [0.1, 0.15) is 63.8 Å². The van der Waals surface area contributed by atoms with Crippen molar-refractivity contribution in [1.82, 2.24) is 9.13 Å². The van der Waals surface area contributed by atoms with Crippen LogP contribution in [0, 0.1) is 0 Å². The predicted octanol–water partition coefficient (Wildman–Crippen LogP) is 12.2. The molecule has 2 aromatic heterocycles. The van der Waals surface area contributed by atoms with E-state index in [2.05, 4.69) is 191 Å². The van der Waals surface area contributed by atoms with Gasteiger partial charge in [-0.25, -0.2) is 0 Å². The van der Waals surface area contributed by atoms with Gasteiger partial charge in [0.1, 0.15) is 0 Å². The predicted molar refractivity (Wildman–Crippen MR) is 248 cm³/mol. The Labute approximate surface area is 335 Å². The highest BCUT2D eigenvalue weighted by Crippen LogP contribution is 2.44. The molecule has 0 radical (unpaired) electrons. The number of hydrogen-bond donors (Lipinski definition) is 0. The van der Waals surface area contributed by atoms with Crippen molar-refractivity contribution in [2.75, 3.05) is 0 Å². The van der Waals surface area contributed by atoms with E-state index in [0.717, 1.165) is 11.1 Å². The standard InChI is InChI=1S/C54H45BN2/c1-9-32-14-18-34(19-15-32)36-28-47-50-48(29-36)57-46-27-23-38(54(6,7)8)31-42(46)49-39(35-20-16-33(10-2)17-21-35)24-25-44(52(49)57)55(50)43-13-11-12-40-41-30-37(53(3,4)5)22-26-45(41)56(47)51(40)43/h9-31H,1-2H2,3-8H3. The van der Waals surface area contributed by atoms with E-state index in [4.69, 9.17) is 0 Å². The molecule has 0 saturated carbocycles. The zero-order chi connectivity index (χ0) is 39.1. The second kappa shape index (κ2) is 11.6. The van der Waals surface area contributed by atoms with Crippen molar-refractivity contribution in [2.24, 2.45) is 0 Å². The number of hydrogen-bond acceptors (Lipinski definition) is 0. The van der Waals surface area contributed by atoms with E-state index in [0.29, 0.717) is 0 Å². The van der Waals surface area contributed by atoms with E-state index >= 15 is 0 Å². The first-order valence-corrected chi connectivity index (χ1v) is 20.3. The second-order valence-corrected chi connectivity index (χ2v) is 18.3. The van der Waals surface area contributed by atoms with Gasteiger partial charge >= 0.3 is 0 Å². The van der Waals surface area contributed by atoms with Crippen molar-refractivity contribution >= 4 is 78.9 Å². The van der Waals surface area contributed by atoms with Crippen LogP contribution in [-0.4, -0.2) is 15.8 Å². The first-order valence-electron chi connectivity index (χ1n) is 20.3. The molecule has 2 nitrogen and oxygen atoms in total. The van der Waals surface area contributed by atoms with E-state index in [9.17, 15) is 0 Å². The fourth-order valence-electron chi connectivity index (χ4n) is 9.95. The third-order valence-corrected chi connectivity index (χ3v) is 13.0. The van der Waals surface area contributed by atoms with Crippen LogP contribution in [0.3, 0.4) is 0 Å². The first kappa shape index (κ1) is 34.0. The van der Waals surface area contributed by atoms with Gasteiger partial charge in [-0.2, -0.15) is 0 Å². The van der Waals surface area contributed by atoms with E-state index in [-0.39, 0.29) is 17.5 Å². The van der Waals surface area contributed by atoms with Gasteiger partial charge in [0, 0.05) is 44.0 Å². The van der Waals surface area contributed by atoms with Crippen molar-refractivity contribution in [3.63, 3.8) is 0 Å². The summed E-state index contributed by atoms with van der Waals surface area (Å²) in [6.45, 7) is 22.0. The Morgan fingerprint density at radius 1 is 0.491 bits per heavy atom. The van der Waals surface area contributed by atoms with Gasteiger partial charge in [-0.1, -0.05) is 158 Å². The smallest absolute Gasteiger partial charge is 0.252 e. The second-order valence-electron chi connectivity index (χ2n) is 18.3. The number of para-hydroxylation sites is 1. The average molecular weight is 733 g/mol. The summed E-state index contributed by atoms with van der Waals surface area (Å²) >= 11 is 0. The van der Waals surface area contributed by atoms with Crippen LogP contribution >= 0.6 is 0 Å². The van der Waals surface area contributed by atoms with Gasteiger partial charge in [0.2, 0.25) is 0 Å². The molecule has 2 aliphatic heterocycles. The number of rotatable bonds is 4. The molecule has 0 N–H and O–H groups in total. The Hall–Kier alpha value is -6.32. The molecule has 0 aliphatic carbocycles. The largest absolute Gasteiger partial charge is 0.310 e. The molecule has 0 bridgehead atoms. The van der Waals surface area contributed by atoms with Crippen LogP contribution in [0.25, 0.3) is 89.4 Å². The number of benzene rings is 7. The van der Waals surface area contributed by atoms with Crippen molar-refractivity contribution in [3.05, 3.63) is 163 Å². The number of fused-ring (bicyclic) bond motifs is 10. The molecule has 0 amide bonds. The molecule has 2 aliphatic rings. The molecule has 7 aromatic carbocycles. The molecular formula is C54H45BN2. The van der Waals surface area contributed by atoms with Gasteiger partial charge in [-0.15, -0.1) is 0 Å². The molecule has 0 atom stereocenters. The van der Waals surface area contributed by atoms with Gasteiger partial charge in [0.25, 0.3) is 6.71 Å². The summed E-state index contributed by atoms with van der Waals surface area (Å²) in [5.41, 5.74) is 21.6. The van der Waals surface area contributed by atoms with Gasteiger partial charge in [-0.3, -0.25) is 0 Å². The Bertz CT molecular complexity index is 3210. The molecule has 274 valence electrons. The van der Waals surface area contributed by atoms with E-state index < -0.39 is 0 Å². The van der Waals surface area contributed by atoms with Gasteiger partial charge < -0.3 is 9.13 Å². The quantitative estimate of drug-likeness (QED) is 0.160. The van der Waals surface area contributed by atoms with Crippen molar-refractivity contribution in [2.45, 2.75) is 52.4 Å². The maximum absolute atomic E-state index is 4.04. The molecule has 57 heavy (non-hydrogen) atoms. The minimum atomic E-state index is 0.000560. The van der Waals surface area contributed by atoms with Gasteiger partial charge in [0.05, 0.1) is 11.0 Å². The lowest BCUT2D eigenvalue weighted by molar-refractivity contribution is 0.591. The topological polar surface area (TPSA) is 9.86 Å². The Balaban J connectivity index is 1.32. The lowest BCUT2D eigenvalue weighted by atomic mass is 9.34. The summed E-state index contributed by atoms with van der Waals surface area (Å²) in [7, 11) is 0. The maximum Gasteiger partial charge on any atom is 0.252 e. The van der Waals surface area contributed by atoms with E-state index in [1.54, 1.807) is 0 Å². The molecule has 4 heterocycles. The molecule has 0 unspecified atom stereocenters. The van der Waals surface area contributed by atoms with Gasteiger partial charge in [0.15, 0.2) is 0 Å². The van der Waals surface area contributed by atoms with E-state index in [1.807, 2.05) is 12.2 Å². The SMILES string of the molecule is C=Cc1ccc(-c2cc3c4c(c2)-n2c5ccc(C(C)(C)C)cc5c5c(-c6ccc(C=C)cc6)ccc(c52)B4c2cccc4c5cc(C(C)(C)C)ccc5n-3c24)cc1. The third-order valence-electron chi connectivity index (χ3n) is 13.0. The van der Waals surface area contributed by atoms with E-state index in [1.165, 1.54) is 105 Å². The summed E-state index contributed by atoms with van der Waals surface area (Å²) in [4.78, 5) is 0. The highest BCUT2D eigenvalue weighted by molar-refractivity contribution is 7.00. The lowest BCUT2D eigenvalue weighted by Crippen LogP contribution is -2.59. The van der Waals surface area contributed by atoms with Crippen LogP contribution in [0.2, 0.25) is 0 Å². The average Bonchev–Trinajstić information content (AvgIpc) is 3.74. The Morgan fingerprint density at radius 2 is 1.04 bits per heavy atom. The highest BCUT2D eigenvalue weighted by atomic mass is 15.0. The zero-order valence-corrected chi connectivity index (χ0v) is 33.7. The molecule has 0 spiro atoms.